The lowest BCUT2D eigenvalue weighted by Crippen LogP contribution is -2.38. The molecule has 2 rings (SSSR count). The summed E-state index contributed by atoms with van der Waals surface area (Å²) in [6.45, 7) is 0.184. The Morgan fingerprint density at radius 3 is 2.14 bits per heavy atom. The molecule has 0 saturated heterocycles. The maximum absolute atomic E-state index is 12.5. The summed E-state index contributed by atoms with van der Waals surface area (Å²) in [5.41, 5.74) is -0.320. The molecule has 0 amide bonds. The number of rotatable bonds is 4. The van der Waals surface area contributed by atoms with Crippen molar-refractivity contribution in [1.29, 1.82) is 0 Å². The van der Waals surface area contributed by atoms with Crippen molar-refractivity contribution in [3.63, 3.8) is 0 Å². The van der Waals surface area contributed by atoms with Crippen LogP contribution in [0.4, 0.5) is 26.3 Å². The zero-order valence-electron chi connectivity index (χ0n) is 14.0. The van der Waals surface area contributed by atoms with Crippen LogP contribution in [0.3, 0.4) is 0 Å². The predicted molar refractivity (Wildman–Crippen MR) is 81.0 cm³/mol. The fourth-order valence-corrected chi connectivity index (χ4v) is 1.95. The number of carboxylic acid groups (broad SMARTS) is 2. The van der Waals surface area contributed by atoms with Gasteiger partial charge < -0.3 is 15.0 Å². The second-order valence-corrected chi connectivity index (χ2v) is 5.57. The van der Waals surface area contributed by atoms with Gasteiger partial charge in [-0.15, -0.1) is 0 Å². The average molecular weight is 446 g/mol. The van der Waals surface area contributed by atoms with Crippen molar-refractivity contribution >= 4 is 23.5 Å². The third-order valence-electron chi connectivity index (χ3n) is 3.00. The Labute approximate surface area is 163 Å². The van der Waals surface area contributed by atoms with Gasteiger partial charge in [-0.2, -0.15) is 26.3 Å². The fourth-order valence-electron chi connectivity index (χ4n) is 1.67. The van der Waals surface area contributed by atoms with Gasteiger partial charge in [0.15, 0.2) is 12.7 Å². The summed E-state index contributed by atoms with van der Waals surface area (Å²) in [6, 6.07) is 2.35. The molecular weight excluding hydrogens is 436 g/mol. The lowest BCUT2D eigenvalue weighted by molar-refractivity contribution is -0.752. The highest BCUT2D eigenvalue weighted by atomic mass is 35.5. The number of hydrogen-bond donors (Lipinski definition) is 1. The monoisotopic (exact) mass is 445 g/mol. The van der Waals surface area contributed by atoms with Gasteiger partial charge in [0.25, 0.3) is 0 Å². The number of aryl methyl sites for hydroxylation is 1. The van der Waals surface area contributed by atoms with Crippen LogP contribution in [0, 0.1) is 0 Å². The van der Waals surface area contributed by atoms with Crippen LogP contribution in [0.2, 0.25) is 5.02 Å². The van der Waals surface area contributed by atoms with Crippen molar-refractivity contribution in [2.45, 2.75) is 25.3 Å². The molecule has 7 nitrogen and oxygen atoms in total. The first-order chi connectivity index (χ1) is 13.2. The van der Waals surface area contributed by atoms with E-state index in [1.165, 1.54) is 17.1 Å². The van der Waals surface area contributed by atoms with E-state index in [2.05, 4.69) is 10.1 Å². The number of nitrogens with zero attached hydrogens (tertiary/aromatic N) is 3. The van der Waals surface area contributed by atoms with Crippen LogP contribution < -0.4 is 9.79 Å². The summed E-state index contributed by atoms with van der Waals surface area (Å²) >= 11 is 5.84. The molecule has 0 atom stereocenters. The molecule has 158 valence electrons. The van der Waals surface area contributed by atoms with Gasteiger partial charge in [-0.05, 0) is 11.2 Å². The van der Waals surface area contributed by atoms with E-state index < -0.39 is 29.9 Å². The molecule has 0 unspecified atom stereocenters. The molecule has 0 aromatic carbocycles. The van der Waals surface area contributed by atoms with E-state index in [4.69, 9.17) is 26.6 Å². The van der Waals surface area contributed by atoms with Crippen molar-refractivity contribution in [2.75, 3.05) is 0 Å². The molecular formula is C15H10ClF6N3O4. The Morgan fingerprint density at radius 1 is 1.17 bits per heavy atom. The Morgan fingerprint density at radius 2 is 1.76 bits per heavy atom. The first-order valence-corrected chi connectivity index (χ1v) is 7.68. The minimum absolute atomic E-state index is 0.0870. The summed E-state index contributed by atoms with van der Waals surface area (Å²) in [4.78, 5) is 23.0. The van der Waals surface area contributed by atoms with E-state index in [0.717, 1.165) is 6.07 Å². The van der Waals surface area contributed by atoms with Gasteiger partial charge >= 0.3 is 18.3 Å². The Hall–Kier alpha value is -2.96. The molecule has 0 aliphatic rings. The van der Waals surface area contributed by atoms with E-state index >= 15 is 0 Å². The second kappa shape index (κ2) is 9.49. The maximum Gasteiger partial charge on any atom is 0.430 e. The van der Waals surface area contributed by atoms with Crippen molar-refractivity contribution < 1.29 is 50.8 Å². The molecule has 0 radical (unpaired) electrons. The number of carbonyl (C=O) groups excluding carboxylic acids is 1. The molecule has 0 saturated carbocycles. The van der Waals surface area contributed by atoms with E-state index in [1.807, 2.05) is 0 Å². The molecule has 0 aliphatic heterocycles. The Bertz CT molecular complexity index is 872. The number of aliphatic carboxylic acids is 2. The number of alkyl halides is 6. The van der Waals surface area contributed by atoms with Gasteiger partial charge in [0.1, 0.15) is 18.6 Å². The highest BCUT2D eigenvalue weighted by Gasteiger charge is 2.31. The minimum atomic E-state index is -5.19. The van der Waals surface area contributed by atoms with Gasteiger partial charge in [-0.3, -0.25) is 9.78 Å². The first kappa shape index (κ1) is 24.1. The van der Waals surface area contributed by atoms with E-state index in [9.17, 15) is 31.1 Å². The Balaban J connectivity index is 0.000000516. The van der Waals surface area contributed by atoms with Crippen molar-refractivity contribution in [2.24, 2.45) is 0 Å². The molecule has 0 bridgehead atoms. The maximum atomic E-state index is 12.5. The number of halogens is 7. The van der Waals surface area contributed by atoms with Crippen molar-refractivity contribution in [3.8, 4) is 11.3 Å². The van der Waals surface area contributed by atoms with Crippen molar-refractivity contribution in [1.82, 2.24) is 10.1 Å². The SMILES string of the molecule is O=C(O)CC[n+]1ccc(-c2ncc(C(F)(F)F)cc2Cl)cn1.O=C([O-])C(F)(F)F. The summed E-state index contributed by atoms with van der Waals surface area (Å²) < 4.78 is 70.6. The zero-order chi connectivity index (χ0) is 22.4. The molecule has 0 aliphatic carbocycles. The van der Waals surface area contributed by atoms with Gasteiger partial charge in [0.2, 0.25) is 0 Å². The van der Waals surface area contributed by atoms with Crippen LogP contribution in [-0.2, 0) is 22.3 Å². The summed E-state index contributed by atoms with van der Waals surface area (Å²) in [7, 11) is 0. The number of carboxylic acids is 2. The number of hydrogen-bond acceptors (Lipinski definition) is 5. The summed E-state index contributed by atoms with van der Waals surface area (Å²) in [5, 5.41) is 21.2. The van der Waals surface area contributed by atoms with Gasteiger partial charge in [-0.25, -0.2) is 0 Å². The standard InChI is InChI=1S/C13H9ClF3N3O2.C2HF3O2/c14-10-5-9(13(15,16)17)7-18-12(10)8-1-3-20(19-6-8)4-2-11(21)22;3-2(4,5)1(6)7/h1,3,5-7H,2,4H2;(H,6,7). The quantitative estimate of drug-likeness (QED) is 0.569. The average Bonchev–Trinajstić information content (AvgIpc) is 2.59. The number of carbonyl (C=O) groups is 2. The van der Waals surface area contributed by atoms with E-state index in [-0.39, 0.29) is 23.7 Å². The molecule has 0 fully saturated rings. The van der Waals surface area contributed by atoms with Crippen LogP contribution in [0.25, 0.3) is 11.3 Å². The smallest absolute Gasteiger partial charge is 0.430 e. The van der Waals surface area contributed by atoms with Gasteiger partial charge in [0.05, 0.1) is 16.3 Å². The largest absolute Gasteiger partial charge is 0.542 e. The summed E-state index contributed by atoms with van der Waals surface area (Å²) in [5.74, 6) is -3.96. The fraction of sp³-hybridized carbons (Fsp3) is 0.267. The number of pyridine rings is 1. The molecule has 29 heavy (non-hydrogen) atoms. The molecule has 0 spiro atoms. The highest BCUT2D eigenvalue weighted by Crippen LogP contribution is 2.33. The first-order valence-electron chi connectivity index (χ1n) is 7.30. The van der Waals surface area contributed by atoms with E-state index in [1.54, 1.807) is 6.07 Å². The zero-order valence-corrected chi connectivity index (χ0v) is 14.7. The summed E-state index contributed by atoms with van der Waals surface area (Å²) in [6.07, 6.45) is -6.22. The number of aromatic nitrogens is 3. The van der Waals surface area contributed by atoms with Crippen molar-refractivity contribution in [3.05, 3.63) is 41.3 Å². The Kier molecular flexibility index (Phi) is 7.88. The molecule has 14 heteroatoms. The van der Waals surface area contributed by atoms with Crippen LogP contribution >= 0.6 is 11.6 Å². The van der Waals surface area contributed by atoms with Crippen LogP contribution in [-0.4, -0.2) is 33.3 Å². The lowest BCUT2D eigenvalue weighted by atomic mass is 10.1. The van der Waals surface area contributed by atoms with Gasteiger partial charge in [-0.1, -0.05) is 16.3 Å². The molecule has 2 heterocycles. The third kappa shape index (κ3) is 7.89. The molecule has 1 N–H and O–H groups in total. The van der Waals surface area contributed by atoms with Gasteiger partial charge in [0, 0.05) is 17.8 Å². The van der Waals surface area contributed by atoms with Crippen LogP contribution in [0.15, 0.2) is 30.7 Å². The normalized spacial score (nSPS) is 11.4. The third-order valence-corrected chi connectivity index (χ3v) is 3.29. The lowest BCUT2D eigenvalue weighted by Gasteiger charge is -2.08. The minimum Gasteiger partial charge on any atom is -0.542 e. The molecule has 2 aromatic rings. The highest BCUT2D eigenvalue weighted by molar-refractivity contribution is 6.33. The molecule has 2 aromatic heterocycles. The topological polar surface area (TPSA) is 107 Å². The van der Waals surface area contributed by atoms with Crippen LogP contribution in [0.1, 0.15) is 12.0 Å². The predicted octanol–water partition coefficient (Wildman–Crippen LogP) is 1.88. The second-order valence-electron chi connectivity index (χ2n) is 5.16. The van der Waals surface area contributed by atoms with E-state index in [0.29, 0.717) is 11.8 Å². The van der Waals surface area contributed by atoms with Crippen LogP contribution in [0.5, 0.6) is 0 Å².